The molecule has 0 aliphatic heterocycles. The number of H-pyrrole nitrogens is 2. The first kappa shape index (κ1) is 49.5. The molecule has 2 heterocycles. The summed E-state index contributed by atoms with van der Waals surface area (Å²) in [4.78, 5) is 110. The summed E-state index contributed by atoms with van der Waals surface area (Å²) in [5, 5.41) is 17.2. The third-order valence-electron chi connectivity index (χ3n) is 10.7. The van der Waals surface area contributed by atoms with E-state index in [1.807, 2.05) is 24.3 Å². The van der Waals surface area contributed by atoms with E-state index >= 15 is 0 Å². The molecule has 1 fully saturated rings. The highest BCUT2D eigenvalue weighted by Gasteiger charge is 2.36. The lowest BCUT2D eigenvalue weighted by Gasteiger charge is -2.27. The van der Waals surface area contributed by atoms with Crippen LogP contribution in [-0.4, -0.2) is 117 Å². The molecule has 0 unspecified atom stereocenters. The fourth-order valence-corrected chi connectivity index (χ4v) is 7.52. The summed E-state index contributed by atoms with van der Waals surface area (Å²) in [6.45, 7) is 0.0952. The second-order valence-corrected chi connectivity index (χ2v) is 16.5. The van der Waals surface area contributed by atoms with Crippen LogP contribution in [0.1, 0.15) is 48.9 Å². The van der Waals surface area contributed by atoms with Gasteiger partial charge in [0.05, 0.1) is 6.33 Å². The highest BCUT2D eigenvalue weighted by atomic mass is 32.1. The van der Waals surface area contributed by atoms with Crippen LogP contribution in [0.4, 0.5) is 0 Å². The number of primary amides is 1. The number of hydrogen-bond donors (Lipinski definition) is 13. The first-order valence-electron chi connectivity index (χ1n) is 21.2. The number of carbonyl (C=O) groups is 7. The number of carbonyl (C=O) groups excluding carboxylic acids is 7. The summed E-state index contributed by atoms with van der Waals surface area (Å²) in [7, 11) is 0. The molecule has 348 valence electrons. The molecule has 0 bridgehead atoms. The summed E-state index contributed by atoms with van der Waals surface area (Å²) >= 11 is 8.42. The molecule has 6 atom stereocenters. The molecule has 65 heavy (non-hydrogen) atoms. The molecule has 1 aliphatic carbocycles. The molecule has 0 spiro atoms. The first-order valence-corrected chi connectivity index (χ1v) is 22.5. The van der Waals surface area contributed by atoms with Crippen molar-refractivity contribution in [1.82, 2.24) is 46.9 Å². The van der Waals surface area contributed by atoms with Crippen molar-refractivity contribution < 1.29 is 33.6 Å². The minimum Gasteiger partial charge on any atom is -0.370 e. The average molecular weight is 932 g/mol. The number of aromatic nitrogens is 3. The van der Waals surface area contributed by atoms with Crippen LogP contribution in [0.25, 0.3) is 10.9 Å². The molecule has 1 saturated carbocycles. The van der Waals surface area contributed by atoms with Gasteiger partial charge in [-0.05, 0) is 55.1 Å². The average Bonchev–Trinajstić information content (AvgIpc) is 3.88. The molecule has 2 aromatic heterocycles. The van der Waals surface area contributed by atoms with Crippen LogP contribution in [-0.2, 0) is 52.8 Å². The summed E-state index contributed by atoms with van der Waals surface area (Å²) in [6.07, 6.45) is 6.35. The molecule has 7 amide bonds. The SMILES string of the molecule is NC(=O)[C@H](CS)NC(=O)[C@H](Cc1c[nH]c2ccccc12)NC(=O)[C@H](CCCN=C(N)N)NC(=O)[C@@H](Cc1ccccc1)NC(=O)[C@H](Cc1cnc[nH]1)NC(=O)[C@H](CCS)NC(=O)C1CC1. The van der Waals surface area contributed by atoms with E-state index in [9.17, 15) is 33.6 Å². The van der Waals surface area contributed by atoms with Gasteiger partial charge in [-0.25, -0.2) is 4.98 Å². The number of para-hydroxylation sites is 1. The van der Waals surface area contributed by atoms with Crippen molar-refractivity contribution in [3.05, 3.63) is 90.1 Å². The van der Waals surface area contributed by atoms with Crippen LogP contribution in [0.3, 0.4) is 0 Å². The minimum atomic E-state index is -1.31. The summed E-state index contributed by atoms with van der Waals surface area (Å²) in [5.41, 5.74) is 19.2. The second kappa shape index (κ2) is 24.5. The van der Waals surface area contributed by atoms with E-state index in [-0.39, 0.29) is 74.4 Å². The quantitative estimate of drug-likeness (QED) is 0.0158. The molecule has 0 radical (unpaired) electrons. The fraction of sp³-hybridized carbons (Fsp3) is 0.419. The van der Waals surface area contributed by atoms with Crippen LogP contribution in [0.2, 0.25) is 0 Å². The maximum Gasteiger partial charge on any atom is 0.243 e. The Hall–Kier alpha value is -6.55. The third-order valence-corrected chi connectivity index (χ3v) is 11.3. The normalized spacial score (nSPS) is 14.9. The Labute approximate surface area is 386 Å². The maximum absolute atomic E-state index is 14.5. The van der Waals surface area contributed by atoms with Crippen molar-refractivity contribution in [3.8, 4) is 0 Å². The molecular weight excluding hydrogens is 875 g/mol. The Morgan fingerprint density at radius 1 is 0.677 bits per heavy atom. The molecule has 22 heteroatoms. The minimum absolute atomic E-state index is 0.0139. The number of hydrogen-bond acceptors (Lipinski definition) is 11. The summed E-state index contributed by atoms with van der Waals surface area (Å²) < 4.78 is 0. The molecule has 20 nitrogen and oxygen atoms in total. The Kier molecular flexibility index (Phi) is 18.6. The van der Waals surface area contributed by atoms with Gasteiger partial charge >= 0.3 is 0 Å². The number of amides is 7. The van der Waals surface area contributed by atoms with Crippen molar-refractivity contribution in [2.75, 3.05) is 18.1 Å². The van der Waals surface area contributed by atoms with Crippen molar-refractivity contribution in [1.29, 1.82) is 0 Å². The Morgan fingerprint density at radius 2 is 1.25 bits per heavy atom. The van der Waals surface area contributed by atoms with Crippen LogP contribution in [0.5, 0.6) is 0 Å². The van der Waals surface area contributed by atoms with Crippen LogP contribution < -0.4 is 49.1 Å². The third kappa shape index (κ3) is 15.3. The molecule has 5 rings (SSSR count). The lowest BCUT2D eigenvalue weighted by atomic mass is 10.0. The van der Waals surface area contributed by atoms with Crippen LogP contribution in [0.15, 0.2) is 78.3 Å². The van der Waals surface area contributed by atoms with Crippen molar-refractivity contribution in [2.24, 2.45) is 28.1 Å². The second-order valence-electron chi connectivity index (χ2n) is 15.7. The van der Waals surface area contributed by atoms with Gasteiger partial charge in [-0.3, -0.25) is 38.6 Å². The lowest BCUT2D eigenvalue weighted by molar-refractivity contribution is -0.135. The largest absolute Gasteiger partial charge is 0.370 e. The monoisotopic (exact) mass is 931 g/mol. The van der Waals surface area contributed by atoms with E-state index in [0.717, 1.165) is 23.7 Å². The molecule has 14 N–H and O–H groups in total. The maximum atomic E-state index is 14.5. The first-order chi connectivity index (χ1) is 31.3. The van der Waals surface area contributed by atoms with Gasteiger partial charge in [-0.1, -0.05) is 48.5 Å². The predicted molar refractivity (Wildman–Crippen MR) is 250 cm³/mol. The Balaban J connectivity index is 1.41. The van der Waals surface area contributed by atoms with Gasteiger partial charge in [0.25, 0.3) is 0 Å². The van der Waals surface area contributed by atoms with Gasteiger partial charge in [-0.15, -0.1) is 0 Å². The van der Waals surface area contributed by atoms with Crippen molar-refractivity contribution >= 4 is 83.5 Å². The summed E-state index contributed by atoms with van der Waals surface area (Å²) in [6, 6.07) is 8.96. The van der Waals surface area contributed by atoms with Crippen LogP contribution >= 0.6 is 25.3 Å². The number of nitrogens with zero attached hydrogens (tertiary/aromatic N) is 2. The van der Waals surface area contributed by atoms with E-state index < -0.39 is 71.7 Å². The number of imidazole rings is 1. The zero-order chi connectivity index (χ0) is 46.9. The number of benzene rings is 2. The topological polar surface area (TPSA) is 327 Å². The number of thiol groups is 2. The number of guanidine groups is 1. The number of nitrogens with two attached hydrogens (primary N) is 3. The van der Waals surface area contributed by atoms with E-state index in [1.54, 1.807) is 36.5 Å². The molecule has 0 saturated heterocycles. The van der Waals surface area contributed by atoms with Gasteiger partial charge in [0.15, 0.2) is 5.96 Å². The smallest absolute Gasteiger partial charge is 0.243 e. The number of fused-ring (bicyclic) bond motifs is 1. The van der Waals surface area contributed by atoms with E-state index in [4.69, 9.17) is 17.2 Å². The molecule has 2 aromatic carbocycles. The molecule has 4 aromatic rings. The van der Waals surface area contributed by atoms with Gasteiger partial charge in [0, 0.05) is 66.5 Å². The molecule has 1 aliphatic rings. The molecular formula is C43H57N13O7S2. The lowest BCUT2D eigenvalue weighted by Crippen LogP contribution is -2.60. The Morgan fingerprint density at radius 3 is 1.83 bits per heavy atom. The van der Waals surface area contributed by atoms with E-state index in [1.165, 1.54) is 12.5 Å². The zero-order valence-corrected chi connectivity index (χ0v) is 37.4. The van der Waals surface area contributed by atoms with Gasteiger partial charge < -0.3 is 59.1 Å². The van der Waals surface area contributed by atoms with Gasteiger partial charge in [-0.2, -0.15) is 25.3 Å². The van der Waals surface area contributed by atoms with E-state index in [2.05, 4.69) is 77.1 Å². The highest BCUT2D eigenvalue weighted by molar-refractivity contribution is 7.80. The number of nitrogens with one attached hydrogen (secondary N) is 8. The van der Waals surface area contributed by atoms with Crippen molar-refractivity contribution in [2.45, 2.75) is 87.6 Å². The summed E-state index contributed by atoms with van der Waals surface area (Å²) in [5.74, 6) is -4.86. The van der Waals surface area contributed by atoms with Gasteiger partial charge in [0.2, 0.25) is 41.4 Å². The standard InChI is InChI=1S/C43H57N13O7S2/c44-36(57)35(22-65)56-41(62)33(18-26-20-49-29-10-5-4-9-28(26)29)54-38(59)30(11-6-15-48-43(45)46)52-40(61)32(17-24-7-2-1-3-8-24)53-42(63)34(19-27-21-47-23-50-27)55-39(60)31(14-16-64)51-37(58)25-12-13-25/h1-5,7-10,20-21,23,25,30-35,49,64-65H,6,11-19,22H2,(H2,44,57)(H,47,50)(H,51,58)(H,52,61)(H,53,63)(H,54,59)(H,55,60)(H,56,62)(H4,45,46,48)/t30-,31-,32+,33-,34-,35-/m0/s1. The van der Waals surface area contributed by atoms with Gasteiger partial charge in [0.1, 0.15) is 36.3 Å². The predicted octanol–water partition coefficient (Wildman–Crippen LogP) is -0.974. The van der Waals surface area contributed by atoms with Crippen LogP contribution in [0, 0.1) is 5.92 Å². The van der Waals surface area contributed by atoms with E-state index in [0.29, 0.717) is 16.8 Å². The fourth-order valence-electron chi connectivity index (χ4n) is 6.99. The number of aliphatic imine (C=N–C) groups is 1. The number of rotatable bonds is 26. The zero-order valence-electron chi connectivity index (χ0n) is 35.6. The highest BCUT2D eigenvalue weighted by Crippen LogP contribution is 2.29. The van der Waals surface area contributed by atoms with Crippen molar-refractivity contribution in [3.63, 3.8) is 0 Å². The Bertz CT molecular complexity index is 2280. The number of aromatic amines is 2.